The van der Waals surface area contributed by atoms with Gasteiger partial charge in [-0.2, -0.15) is 0 Å². The van der Waals surface area contributed by atoms with Crippen LogP contribution < -0.4 is 0 Å². The first-order chi connectivity index (χ1) is 17.8. The summed E-state index contributed by atoms with van der Waals surface area (Å²) in [6.07, 6.45) is 3.44. The van der Waals surface area contributed by atoms with E-state index in [1.165, 1.54) is 7.11 Å². The first-order valence-corrected chi connectivity index (χ1v) is 11.7. The first kappa shape index (κ1) is 20.4. The van der Waals surface area contributed by atoms with Gasteiger partial charge in [0.2, 0.25) is 0 Å². The Balaban J connectivity index is 1.67. The fraction of sp³-hybridized carbons (Fsp3) is 0.0333. The number of carbonyl (C=O) groups excluding carboxylic acids is 1. The number of fused-ring (bicyclic) bond motifs is 6. The molecule has 0 radical (unpaired) electrons. The molecule has 6 heteroatoms. The molecule has 4 heterocycles. The Labute approximate surface area is 206 Å². The molecule has 0 atom stereocenters. The minimum Gasteiger partial charge on any atom is -0.465 e. The van der Waals surface area contributed by atoms with Crippen molar-refractivity contribution in [2.75, 3.05) is 7.11 Å². The Morgan fingerprint density at radius 3 is 2.17 bits per heavy atom. The topological polar surface area (TPSA) is 61.9 Å². The van der Waals surface area contributed by atoms with Gasteiger partial charge >= 0.3 is 5.97 Å². The average Bonchev–Trinajstić information content (AvgIpc) is 3.44. The van der Waals surface area contributed by atoms with Gasteiger partial charge in [-0.25, -0.2) is 14.8 Å². The molecule has 0 unspecified atom stereocenters. The van der Waals surface area contributed by atoms with Gasteiger partial charge in [0, 0.05) is 39.6 Å². The second-order valence-corrected chi connectivity index (χ2v) is 8.65. The van der Waals surface area contributed by atoms with Crippen molar-refractivity contribution in [3.8, 4) is 11.5 Å². The molecule has 4 aromatic heterocycles. The molecule has 3 aromatic carbocycles. The van der Waals surface area contributed by atoms with E-state index in [1.54, 1.807) is 24.5 Å². The minimum atomic E-state index is -0.439. The van der Waals surface area contributed by atoms with Gasteiger partial charge in [0.15, 0.2) is 5.82 Å². The molecule has 7 rings (SSSR count). The SMILES string of the molecule is COC(=O)c1cccnc1-n1c2cc3c4ccccc4n(-c4ccccc4)c3cc2c2cccnc21. The highest BCUT2D eigenvalue weighted by Crippen LogP contribution is 2.39. The van der Waals surface area contributed by atoms with Crippen LogP contribution in [-0.2, 0) is 4.74 Å². The molecule has 0 aliphatic rings. The summed E-state index contributed by atoms with van der Waals surface area (Å²) in [5.74, 6) is 0.0555. The van der Waals surface area contributed by atoms with Crippen LogP contribution in [0.3, 0.4) is 0 Å². The van der Waals surface area contributed by atoms with Gasteiger partial charge in [-0.1, -0.05) is 36.4 Å². The number of pyridine rings is 2. The van der Waals surface area contributed by atoms with Crippen LogP contribution in [-0.4, -0.2) is 32.2 Å². The third-order valence-corrected chi connectivity index (χ3v) is 6.74. The monoisotopic (exact) mass is 468 g/mol. The standard InChI is InChI=1S/C30H20N4O2/c1-36-30(35)22-13-8-16-32-29(22)34-27-17-23-20-11-5-6-14-25(20)33(19-9-3-2-4-10-19)26(23)18-24(27)21-12-7-15-31-28(21)34/h2-18H,1H3. The second kappa shape index (κ2) is 7.78. The van der Waals surface area contributed by atoms with E-state index in [1.807, 2.05) is 16.7 Å². The van der Waals surface area contributed by atoms with E-state index >= 15 is 0 Å². The predicted octanol–water partition coefficient (Wildman–Crippen LogP) is 6.46. The maximum Gasteiger partial charge on any atom is 0.341 e. The maximum absolute atomic E-state index is 12.6. The van der Waals surface area contributed by atoms with Gasteiger partial charge in [0.25, 0.3) is 0 Å². The summed E-state index contributed by atoms with van der Waals surface area (Å²) in [6, 6.07) is 30.7. The number of benzene rings is 3. The summed E-state index contributed by atoms with van der Waals surface area (Å²) in [6.45, 7) is 0. The molecule has 0 aliphatic heterocycles. The average molecular weight is 469 g/mol. The molecule has 0 fully saturated rings. The highest BCUT2D eigenvalue weighted by Gasteiger charge is 2.22. The lowest BCUT2D eigenvalue weighted by molar-refractivity contribution is 0.0600. The molecule has 0 bridgehead atoms. The van der Waals surface area contributed by atoms with Crippen molar-refractivity contribution in [1.29, 1.82) is 0 Å². The van der Waals surface area contributed by atoms with E-state index in [2.05, 4.69) is 76.3 Å². The van der Waals surface area contributed by atoms with E-state index in [0.717, 1.165) is 49.4 Å². The molecule has 0 aliphatic carbocycles. The van der Waals surface area contributed by atoms with Gasteiger partial charge in [0.1, 0.15) is 11.2 Å². The third kappa shape index (κ3) is 2.81. The summed E-state index contributed by atoms with van der Waals surface area (Å²) in [5.41, 5.74) is 5.38. The van der Waals surface area contributed by atoms with Crippen LogP contribution in [0.1, 0.15) is 10.4 Å². The van der Waals surface area contributed by atoms with E-state index in [9.17, 15) is 4.79 Å². The Kier molecular flexibility index (Phi) is 4.41. The van der Waals surface area contributed by atoms with Crippen LogP contribution in [0.2, 0.25) is 0 Å². The molecule has 172 valence electrons. The van der Waals surface area contributed by atoms with Crippen LogP contribution in [0, 0.1) is 0 Å². The van der Waals surface area contributed by atoms with Crippen molar-refractivity contribution >= 4 is 49.7 Å². The number of nitrogens with zero attached hydrogens (tertiary/aromatic N) is 4. The second-order valence-electron chi connectivity index (χ2n) is 8.65. The van der Waals surface area contributed by atoms with E-state index < -0.39 is 5.97 Å². The van der Waals surface area contributed by atoms with Gasteiger partial charge in [-0.15, -0.1) is 0 Å². The highest BCUT2D eigenvalue weighted by molar-refractivity contribution is 6.18. The third-order valence-electron chi connectivity index (χ3n) is 6.74. The quantitative estimate of drug-likeness (QED) is 0.279. The Bertz CT molecular complexity index is 1950. The number of para-hydroxylation sites is 2. The number of carbonyl (C=O) groups is 1. The van der Waals surface area contributed by atoms with Crippen molar-refractivity contribution in [3.63, 3.8) is 0 Å². The smallest absolute Gasteiger partial charge is 0.341 e. The predicted molar refractivity (Wildman–Crippen MR) is 142 cm³/mol. The lowest BCUT2D eigenvalue weighted by Gasteiger charge is -2.10. The molecule has 0 amide bonds. The van der Waals surface area contributed by atoms with Crippen molar-refractivity contribution < 1.29 is 9.53 Å². The summed E-state index contributed by atoms with van der Waals surface area (Å²) in [4.78, 5) is 22.0. The number of ether oxygens (including phenoxy) is 1. The Morgan fingerprint density at radius 1 is 0.667 bits per heavy atom. The number of rotatable bonds is 3. The van der Waals surface area contributed by atoms with Gasteiger partial charge < -0.3 is 9.30 Å². The summed E-state index contributed by atoms with van der Waals surface area (Å²) < 4.78 is 9.32. The normalized spacial score (nSPS) is 11.6. The molecule has 0 saturated heterocycles. The number of methoxy groups -OCH3 is 1. The van der Waals surface area contributed by atoms with Crippen LogP contribution in [0.15, 0.2) is 103 Å². The molecule has 36 heavy (non-hydrogen) atoms. The number of aromatic nitrogens is 4. The lowest BCUT2D eigenvalue weighted by atomic mass is 10.1. The van der Waals surface area contributed by atoms with Crippen LogP contribution >= 0.6 is 0 Å². The van der Waals surface area contributed by atoms with Crippen molar-refractivity contribution in [2.45, 2.75) is 0 Å². The molecular formula is C30H20N4O2. The van der Waals surface area contributed by atoms with E-state index in [4.69, 9.17) is 9.72 Å². The Morgan fingerprint density at radius 2 is 1.33 bits per heavy atom. The fourth-order valence-electron chi connectivity index (χ4n) is 5.22. The Hall–Kier alpha value is -4.97. The minimum absolute atomic E-state index is 0.385. The number of esters is 1. The molecule has 7 aromatic rings. The van der Waals surface area contributed by atoms with Crippen molar-refractivity contribution in [3.05, 3.63) is 109 Å². The molecule has 0 N–H and O–H groups in total. The van der Waals surface area contributed by atoms with Gasteiger partial charge in [-0.05, 0) is 54.6 Å². The highest BCUT2D eigenvalue weighted by atomic mass is 16.5. The number of hydrogen-bond donors (Lipinski definition) is 0. The zero-order valence-corrected chi connectivity index (χ0v) is 19.4. The zero-order chi connectivity index (χ0) is 24.2. The van der Waals surface area contributed by atoms with Crippen molar-refractivity contribution in [1.82, 2.24) is 19.1 Å². The lowest BCUT2D eigenvalue weighted by Crippen LogP contribution is -2.09. The summed E-state index contributed by atoms with van der Waals surface area (Å²) >= 11 is 0. The van der Waals surface area contributed by atoms with Crippen LogP contribution in [0.5, 0.6) is 0 Å². The van der Waals surface area contributed by atoms with Gasteiger partial charge in [0.05, 0.1) is 23.7 Å². The first-order valence-electron chi connectivity index (χ1n) is 11.7. The summed E-state index contributed by atoms with van der Waals surface area (Å²) in [7, 11) is 1.38. The van der Waals surface area contributed by atoms with Crippen LogP contribution in [0.4, 0.5) is 0 Å². The largest absolute Gasteiger partial charge is 0.465 e. The molecule has 6 nitrogen and oxygen atoms in total. The van der Waals surface area contributed by atoms with Crippen molar-refractivity contribution in [2.24, 2.45) is 0 Å². The summed E-state index contributed by atoms with van der Waals surface area (Å²) in [5, 5.41) is 4.28. The molecular weight excluding hydrogens is 448 g/mol. The zero-order valence-electron chi connectivity index (χ0n) is 19.4. The maximum atomic E-state index is 12.6. The molecule has 0 saturated carbocycles. The van der Waals surface area contributed by atoms with Crippen LogP contribution in [0.25, 0.3) is 55.2 Å². The van der Waals surface area contributed by atoms with Gasteiger partial charge in [-0.3, -0.25) is 4.57 Å². The van der Waals surface area contributed by atoms with E-state index in [-0.39, 0.29) is 0 Å². The number of hydrogen-bond acceptors (Lipinski definition) is 4. The fourth-order valence-corrected chi connectivity index (χ4v) is 5.22. The van der Waals surface area contributed by atoms with E-state index in [0.29, 0.717) is 11.4 Å². The molecule has 0 spiro atoms.